The largest absolute Gasteiger partial charge is 0.388 e. The van der Waals surface area contributed by atoms with Gasteiger partial charge in [-0.2, -0.15) is 5.26 Å². The molecule has 1 aliphatic rings. The van der Waals surface area contributed by atoms with Crippen LogP contribution in [0.3, 0.4) is 0 Å². The van der Waals surface area contributed by atoms with Crippen molar-refractivity contribution in [2.75, 3.05) is 0 Å². The Morgan fingerprint density at radius 1 is 1.33 bits per heavy atom. The number of aliphatic hydroxyl groups excluding tert-OH is 1. The smallest absolute Gasteiger partial charge is 0.0991 e. The van der Waals surface area contributed by atoms with Crippen LogP contribution < -0.4 is 0 Å². The Hall–Kier alpha value is -1.33. The second-order valence-electron chi connectivity index (χ2n) is 5.37. The lowest BCUT2D eigenvalue weighted by molar-refractivity contribution is 0.0729. The Morgan fingerprint density at radius 2 is 2.06 bits per heavy atom. The quantitative estimate of drug-likeness (QED) is 0.877. The second kappa shape index (κ2) is 6.02. The first-order chi connectivity index (χ1) is 8.74. The first-order valence-electron chi connectivity index (χ1n) is 6.92. The van der Waals surface area contributed by atoms with Crippen LogP contribution in [0, 0.1) is 23.2 Å². The van der Waals surface area contributed by atoms with Crippen LogP contribution in [0.4, 0.5) is 0 Å². The number of rotatable bonds is 3. The molecule has 0 spiro atoms. The molecule has 2 nitrogen and oxygen atoms in total. The van der Waals surface area contributed by atoms with Gasteiger partial charge in [0.25, 0.3) is 0 Å². The molecule has 2 rings (SSSR count). The van der Waals surface area contributed by atoms with E-state index in [1.54, 1.807) is 6.07 Å². The van der Waals surface area contributed by atoms with Crippen LogP contribution in [0.25, 0.3) is 0 Å². The maximum Gasteiger partial charge on any atom is 0.0991 e. The first-order valence-corrected chi connectivity index (χ1v) is 6.92. The van der Waals surface area contributed by atoms with Gasteiger partial charge >= 0.3 is 0 Å². The summed E-state index contributed by atoms with van der Waals surface area (Å²) in [5, 5.41) is 19.3. The monoisotopic (exact) mass is 243 g/mol. The molecule has 1 unspecified atom stereocenters. The Balaban J connectivity index is 2.03. The zero-order valence-corrected chi connectivity index (χ0v) is 11.0. The van der Waals surface area contributed by atoms with Crippen LogP contribution >= 0.6 is 0 Å². The molecule has 18 heavy (non-hydrogen) atoms. The lowest BCUT2D eigenvalue weighted by Gasteiger charge is -2.31. The average molecular weight is 243 g/mol. The summed E-state index contributed by atoms with van der Waals surface area (Å²) >= 11 is 0. The van der Waals surface area contributed by atoms with Gasteiger partial charge in [0.2, 0.25) is 0 Å². The highest BCUT2D eigenvalue weighted by Crippen LogP contribution is 2.37. The van der Waals surface area contributed by atoms with Crippen molar-refractivity contribution in [1.29, 1.82) is 5.26 Å². The Kier molecular flexibility index (Phi) is 4.38. The summed E-state index contributed by atoms with van der Waals surface area (Å²) < 4.78 is 0. The molecule has 1 saturated carbocycles. The normalized spacial score (nSPS) is 25.4. The maximum atomic E-state index is 10.4. The Labute approximate surface area is 109 Å². The molecule has 2 heteroatoms. The highest BCUT2D eigenvalue weighted by atomic mass is 16.3. The minimum atomic E-state index is -0.406. The summed E-state index contributed by atoms with van der Waals surface area (Å²) in [6.07, 6.45) is 5.53. The summed E-state index contributed by atoms with van der Waals surface area (Å²) in [6, 6.07) is 9.51. The molecule has 1 fully saturated rings. The van der Waals surface area contributed by atoms with Crippen LogP contribution in [0.5, 0.6) is 0 Å². The molecule has 1 N–H and O–H groups in total. The van der Waals surface area contributed by atoms with Crippen molar-refractivity contribution in [3.05, 3.63) is 35.4 Å². The van der Waals surface area contributed by atoms with E-state index in [0.717, 1.165) is 24.3 Å². The van der Waals surface area contributed by atoms with Crippen LogP contribution in [0.1, 0.15) is 56.3 Å². The molecular formula is C16H21NO. The maximum absolute atomic E-state index is 10.4. The van der Waals surface area contributed by atoms with Gasteiger partial charge in [0.1, 0.15) is 0 Å². The van der Waals surface area contributed by atoms with Crippen molar-refractivity contribution in [3.63, 3.8) is 0 Å². The zero-order valence-electron chi connectivity index (χ0n) is 11.0. The fraction of sp³-hybridized carbons (Fsp3) is 0.562. The van der Waals surface area contributed by atoms with Gasteiger partial charge in [0, 0.05) is 0 Å². The molecule has 1 aromatic carbocycles. The summed E-state index contributed by atoms with van der Waals surface area (Å²) in [6.45, 7) is 2.25. The summed E-state index contributed by atoms with van der Waals surface area (Å²) in [4.78, 5) is 0. The molecule has 1 aromatic rings. The van der Waals surface area contributed by atoms with Gasteiger partial charge in [-0.1, -0.05) is 38.3 Å². The molecule has 0 saturated heterocycles. The fourth-order valence-electron chi connectivity index (χ4n) is 2.98. The van der Waals surface area contributed by atoms with Crippen molar-refractivity contribution < 1.29 is 5.11 Å². The van der Waals surface area contributed by atoms with E-state index in [1.807, 2.05) is 18.2 Å². The third kappa shape index (κ3) is 2.91. The minimum absolute atomic E-state index is 0.363. The number of aliphatic hydroxyl groups is 1. The van der Waals surface area contributed by atoms with Crippen LogP contribution in [-0.2, 0) is 0 Å². The van der Waals surface area contributed by atoms with E-state index in [0.29, 0.717) is 11.5 Å². The Morgan fingerprint density at radius 3 is 2.67 bits per heavy atom. The predicted octanol–water partition coefficient (Wildman–Crippen LogP) is 3.81. The Bertz CT molecular complexity index is 427. The van der Waals surface area contributed by atoms with E-state index in [9.17, 15) is 5.11 Å². The number of hydrogen-bond acceptors (Lipinski definition) is 2. The van der Waals surface area contributed by atoms with E-state index >= 15 is 0 Å². The standard InChI is InChI=1S/C16H21NO/c1-2-12-6-8-14(9-7-12)16(18)15-5-3-4-13(10-15)11-17/h3-5,10,12,14,16,18H,2,6-9H2,1H3. The predicted molar refractivity (Wildman–Crippen MR) is 71.9 cm³/mol. The summed E-state index contributed by atoms with van der Waals surface area (Å²) in [7, 11) is 0. The molecule has 0 aromatic heterocycles. The highest BCUT2D eigenvalue weighted by molar-refractivity contribution is 5.33. The van der Waals surface area contributed by atoms with Gasteiger partial charge in [0.05, 0.1) is 17.7 Å². The third-order valence-electron chi connectivity index (χ3n) is 4.27. The van der Waals surface area contributed by atoms with Crippen LogP contribution in [0.15, 0.2) is 24.3 Å². The average Bonchev–Trinajstić information content (AvgIpc) is 2.46. The number of hydrogen-bond donors (Lipinski definition) is 1. The van der Waals surface area contributed by atoms with Crippen molar-refractivity contribution >= 4 is 0 Å². The minimum Gasteiger partial charge on any atom is -0.388 e. The molecule has 0 amide bonds. The van der Waals surface area contributed by atoms with E-state index in [4.69, 9.17) is 5.26 Å². The zero-order chi connectivity index (χ0) is 13.0. The molecule has 0 bridgehead atoms. The van der Waals surface area contributed by atoms with Gasteiger partial charge in [-0.15, -0.1) is 0 Å². The second-order valence-corrected chi connectivity index (χ2v) is 5.37. The van der Waals surface area contributed by atoms with E-state index in [2.05, 4.69) is 13.0 Å². The van der Waals surface area contributed by atoms with E-state index < -0.39 is 6.10 Å². The van der Waals surface area contributed by atoms with Crippen molar-refractivity contribution in [1.82, 2.24) is 0 Å². The van der Waals surface area contributed by atoms with E-state index in [-0.39, 0.29) is 0 Å². The van der Waals surface area contributed by atoms with Crippen LogP contribution in [0.2, 0.25) is 0 Å². The van der Waals surface area contributed by atoms with Gasteiger partial charge in [-0.25, -0.2) is 0 Å². The molecule has 0 radical (unpaired) electrons. The fourth-order valence-corrected chi connectivity index (χ4v) is 2.98. The first kappa shape index (κ1) is 13.1. The van der Waals surface area contributed by atoms with Crippen molar-refractivity contribution in [3.8, 4) is 6.07 Å². The molecule has 0 heterocycles. The van der Waals surface area contributed by atoms with Crippen molar-refractivity contribution in [2.45, 2.75) is 45.1 Å². The third-order valence-corrected chi connectivity index (χ3v) is 4.27. The SMILES string of the molecule is CCC1CCC(C(O)c2cccc(C#N)c2)CC1. The molecule has 96 valence electrons. The number of benzene rings is 1. The summed E-state index contributed by atoms with van der Waals surface area (Å²) in [5.74, 6) is 1.21. The molecule has 1 atom stereocenters. The molecule has 1 aliphatic carbocycles. The number of nitrogens with zero attached hydrogens (tertiary/aromatic N) is 1. The molecule has 0 aliphatic heterocycles. The highest BCUT2D eigenvalue weighted by Gasteiger charge is 2.26. The number of nitriles is 1. The van der Waals surface area contributed by atoms with Gasteiger partial charge in [0.15, 0.2) is 0 Å². The lowest BCUT2D eigenvalue weighted by atomic mass is 9.77. The van der Waals surface area contributed by atoms with Crippen molar-refractivity contribution in [2.24, 2.45) is 11.8 Å². The lowest BCUT2D eigenvalue weighted by Crippen LogP contribution is -2.20. The van der Waals surface area contributed by atoms with Gasteiger partial charge < -0.3 is 5.11 Å². The van der Waals surface area contributed by atoms with Crippen LogP contribution in [-0.4, -0.2) is 5.11 Å². The van der Waals surface area contributed by atoms with E-state index in [1.165, 1.54) is 19.3 Å². The van der Waals surface area contributed by atoms with Gasteiger partial charge in [-0.3, -0.25) is 0 Å². The molecular weight excluding hydrogens is 222 g/mol. The topological polar surface area (TPSA) is 44.0 Å². The van der Waals surface area contributed by atoms with Gasteiger partial charge in [-0.05, 0) is 42.4 Å². The summed E-state index contributed by atoms with van der Waals surface area (Å²) in [5.41, 5.74) is 1.53.